The van der Waals surface area contributed by atoms with Crippen LogP contribution in [-0.2, 0) is 0 Å². The number of para-hydroxylation sites is 1. The van der Waals surface area contributed by atoms with E-state index in [1.165, 1.54) is 51.0 Å². The quantitative estimate of drug-likeness (QED) is 0.817. The smallest absolute Gasteiger partial charge is 0.259 e. The lowest BCUT2D eigenvalue weighted by Crippen LogP contribution is -2.14. The van der Waals surface area contributed by atoms with Crippen LogP contribution in [-0.4, -0.2) is 18.3 Å². The first kappa shape index (κ1) is 16.8. The number of anilines is 1. The van der Waals surface area contributed by atoms with E-state index in [9.17, 15) is 9.18 Å². The summed E-state index contributed by atoms with van der Waals surface area (Å²) in [5.74, 6) is -0.477. The molecule has 0 atom stereocenters. The Morgan fingerprint density at radius 3 is 2.71 bits per heavy atom. The number of methoxy groups -OCH3 is 1. The highest BCUT2D eigenvalue weighted by atomic mass is 32.2. The van der Waals surface area contributed by atoms with Gasteiger partial charge in [0.05, 0.1) is 18.4 Å². The first-order chi connectivity index (χ1) is 11.7. The van der Waals surface area contributed by atoms with Gasteiger partial charge in [0.25, 0.3) is 5.91 Å². The van der Waals surface area contributed by atoms with Gasteiger partial charge in [-0.1, -0.05) is 25.0 Å². The Balaban J connectivity index is 1.80. The summed E-state index contributed by atoms with van der Waals surface area (Å²) in [6.45, 7) is 0. The van der Waals surface area contributed by atoms with Gasteiger partial charge in [-0.25, -0.2) is 4.39 Å². The standard InChI is InChI=1S/C19H20FNO2S/c1-23-17-11-10-13(20)12-15(17)19(22)21-16-8-4-5-9-18(16)24-14-6-2-3-7-14/h4-5,8-12,14H,2-3,6-7H2,1H3,(H,21,22). The summed E-state index contributed by atoms with van der Waals surface area (Å²) in [7, 11) is 1.47. The highest BCUT2D eigenvalue weighted by Crippen LogP contribution is 2.38. The summed E-state index contributed by atoms with van der Waals surface area (Å²) < 4.78 is 18.7. The summed E-state index contributed by atoms with van der Waals surface area (Å²) >= 11 is 1.81. The van der Waals surface area contributed by atoms with Crippen LogP contribution in [0.1, 0.15) is 36.0 Å². The summed E-state index contributed by atoms with van der Waals surface area (Å²) in [5, 5.41) is 3.50. The molecule has 1 amide bonds. The predicted octanol–water partition coefficient (Wildman–Crippen LogP) is 5.12. The monoisotopic (exact) mass is 345 g/mol. The molecule has 2 aromatic carbocycles. The summed E-state index contributed by atoms with van der Waals surface area (Å²) in [4.78, 5) is 13.6. The number of carbonyl (C=O) groups excluding carboxylic acids is 1. The van der Waals surface area contributed by atoms with E-state index in [2.05, 4.69) is 5.32 Å². The third-order valence-electron chi connectivity index (χ3n) is 4.14. The predicted molar refractivity (Wildman–Crippen MR) is 95.5 cm³/mol. The van der Waals surface area contributed by atoms with Gasteiger partial charge < -0.3 is 10.1 Å². The maximum absolute atomic E-state index is 13.5. The summed E-state index contributed by atoms with van der Waals surface area (Å²) in [6.07, 6.45) is 4.97. The van der Waals surface area contributed by atoms with E-state index in [4.69, 9.17) is 4.74 Å². The van der Waals surface area contributed by atoms with Gasteiger partial charge in [0, 0.05) is 10.1 Å². The number of carbonyl (C=O) groups is 1. The average Bonchev–Trinajstić information content (AvgIpc) is 3.09. The molecule has 0 aliphatic heterocycles. The third-order valence-corrected chi connectivity index (χ3v) is 5.55. The van der Waals surface area contributed by atoms with E-state index in [1.807, 2.05) is 36.0 Å². The van der Waals surface area contributed by atoms with Gasteiger partial charge >= 0.3 is 0 Å². The second-order valence-electron chi connectivity index (χ2n) is 5.82. The van der Waals surface area contributed by atoms with Crippen molar-refractivity contribution < 1.29 is 13.9 Å². The van der Waals surface area contributed by atoms with Crippen LogP contribution in [0.2, 0.25) is 0 Å². The molecule has 0 bridgehead atoms. The number of halogens is 1. The highest BCUT2D eigenvalue weighted by Gasteiger charge is 2.19. The molecular formula is C19H20FNO2S. The molecular weight excluding hydrogens is 325 g/mol. The normalized spacial score (nSPS) is 14.6. The molecule has 0 heterocycles. The van der Waals surface area contributed by atoms with E-state index in [-0.39, 0.29) is 11.5 Å². The van der Waals surface area contributed by atoms with Gasteiger partial charge in [-0.05, 0) is 43.2 Å². The second-order valence-corrected chi connectivity index (χ2v) is 7.16. The highest BCUT2D eigenvalue weighted by molar-refractivity contribution is 8.00. The molecule has 3 rings (SSSR count). The van der Waals surface area contributed by atoms with Gasteiger partial charge in [-0.15, -0.1) is 11.8 Å². The second kappa shape index (κ2) is 7.71. The van der Waals surface area contributed by atoms with Gasteiger partial charge in [0.2, 0.25) is 0 Å². The molecule has 5 heteroatoms. The fourth-order valence-electron chi connectivity index (χ4n) is 2.91. The Labute approximate surface area is 145 Å². The van der Waals surface area contributed by atoms with Crippen LogP contribution in [0.3, 0.4) is 0 Å². The van der Waals surface area contributed by atoms with Crippen molar-refractivity contribution in [2.24, 2.45) is 0 Å². The lowest BCUT2D eigenvalue weighted by atomic mass is 10.1. The maximum Gasteiger partial charge on any atom is 0.259 e. The molecule has 1 fully saturated rings. The minimum Gasteiger partial charge on any atom is -0.496 e. The van der Waals surface area contributed by atoms with Gasteiger partial charge in [-0.3, -0.25) is 4.79 Å². The van der Waals surface area contributed by atoms with Gasteiger partial charge in [-0.2, -0.15) is 0 Å². The van der Waals surface area contributed by atoms with E-state index >= 15 is 0 Å². The molecule has 0 unspecified atom stereocenters. The third kappa shape index (κ3) is 3.90. The molecule has 0 spiro atoms. The van der Waals surface area contributed by atoms with Crippen LogP contribution in [0.15, 0.2) is 47.4 Å². The molecule has 0 radical (unpaired) electrons. The van der Waals surface area contributed by atoms with Crippen molar-refractivity contribution in [1.82, 2.24) is 0 Å². The zero-order valence-electron chi connectivity index (χ0n) is 13.5. The molecule has 1 aliphatic carbocycles. The molecule has 1 saturated carbocycles. The Kier molecular flexibility index (Phi) is 5.41. The topological polar surface area (TPSA) is 38.3 Å². The van der Waals surface area contributed by atoms with Crippen LogP contribution >= 0.6 is 11.8 Å². The van der Waals surface area contributed by atoms with E-state index in [0.717, 1.165) is 10.6 Å². The Bertz CT molecular complexity index is 729. The molecule has 0 aromatic heterocycles. The lowest BCUT2D eigenvalue weighted by molar-refractivity contribution is 0.102. The maximum atomic E-state index is 13.5. The zero-order chi connectivity index (χ0) is 16.9. The Hall–Kier alpha value is -2.01. The minimum absolute atomic E-state index is 0.193. The van der Waals surface area contributed by atoms with Crippen molar-refractivity contribution in [2.45, 2.75) is 35.8 Å². The van der Waals surface area contributed by atoms with Crippen LogP contribution < -0.4 is 10.1 Å². The van der Waals surface area contributed by atoms with Gasteiger partial charge in [0.1, 0.15) is 11.6 Å². The first-order valence-corrected chi connectivity index (χ1v) is 8.96. The van der Waals surface area contributed by atoms with Crippen LogP contribution in [0, 0.1) is 5.82 Å². The number of nitrogens with one attached hydrogen (secondary N) is 1. The molecule has 24 heavy (non-hydrogen) atoms. The van der Waals surface area contributed by atoms with Crippen molar-refractivity contribution >= 4 is 23.4 Å². The zero-order valence-corrected chi connectivity index (χ0v) is 14.4. The number of ether oxygens (including phenoxy) is 1. The fraction of sp³-hybridized carbons (Fsp3) is 0.316. The molecule has 1 aliphatic rings. The lowest BCUT2D eigenvalue weighted by Gasteiger charge is -2.15. The van der Waals surface area contributed by atoms with Crippen LogP contribution in [0.25, 0.3) is 0 Å². The number of amides is 1. The van der Waals surface area contributed by atoms with Crippen molar-refractivity contribution in [3.05, 3.63) is 53.8 Å². The molecule has 0 saturated heterocycles. The van der Waals surface area contributed by atoms with Crippen molar-refractivity contribution in [3.63, 3.8) is 0 Å². The molecule has 126 valence electrons. The van der Waals surface area contributed by atoms with Crippen molar-refractivity contribution in [1.29, 1.82) is 0 Å². The van der Waals surface area contributed by atoms with E-state index in [0.29, 0.717) is 11.0 Å². The van der Waals surface area contributed by atoms with Crippen molar-refractivity contribution in [2.75, 3.05) is 12.4 Å². The van der Waals surface area contributed by atoms with Gasteiger partial charge in [0.15, 0.2) is 0 Å². The van der Waals surface area contributed by atoms with Crippen molar-refractivity contribution in [3.8, 4) is 5.75 Å². The first-order valence-electron chi connectivity index (χ1n) is 8.08. The molecule has 3 nitrogen and oxygen atoms in total. The van der Waals surface area contributed by atoms with E-state index in [1.54, 1.807) is 0 Å². The fourth-order valence-corrected chi connectivity index (χ4v) is 4.24. The Morgan fingerprint density at radius 2 is 1.96 bits per heavy atom. The van der Waals surface area contributed by atoms with E-state index < -0.39 is 5.82 Å². The summed E-state index contributed by atoms with van der Waals surface area (Å²) in [5.41, 5.74) is 0.948. The minimum atomic E-state index is -0.463. The number of benzene rings is 2. The number of thioether (sulfide) groups is 1. The SMILES string of the molecule is COc1ccc(F)cc1C(=O)Nc1ccccc1SC1CCCC1. The van der Waals surface area contributed by atoms with Crippen LogP contribution in [0.4, 0.5) is 10.1 Å². The number of hydrogen-bond donors (Lipinski definition) is 1. The largest absolute Gasteiger partial charge is 0.496 e. The number of hydrogen-bond acceptors (Lipinski definition) is 3. The van der Waals surface area contributed by atoms with Crippen LogP contribution in [0.5, 0.6) is 5.75 Å². The number of rotatable bonds is 5. The average molecular weight is 345 g/mol. The Morgan fingerprint density at radius 1 is 1.21 bits per heavy atom. The molecule has 1 N–H and O–H groups in total. The summed E-state index contributed by atoms with van der Waals surface area (Å²) in [6, 6.07) is 11.7. The molecule has 2 aromatic rings.